The van der Waals surface area contributed by atoms with E-state index in [2.05, 4.69) is 10.6 Å². The molecule has 1 heterocycles. The number of hydrogen-bond acceptors (Lipinski definition) is 5. The Bertz CT molecular complexity index is 1060. The van der Waals surface area contributed by atoms with Crippen LogP contribution in [0.15, 0.2) is 78.9 Å². The van der Waals surface area contributed by atoms with Gasteiger partial charge in [0.1, 0.15) is 11.9 Å². The van der Waals surface area contributed by atoms with Crippen LogP contribution < -0.4 is 10.6 Å². The van der Waals surface area contributed by atoms with Crippen LogP contribution in [-0.2, 0) is 4.74 Å². The first kappa shape index (κ1) is 24.3. The second kappa shape index (κ2) is 11.5. The van der Waals surface area contributed by atoms with Gasteiger partial charge in [-0.05, 0) is 66.9 Å². The summed E-state index contributed by atoms with van der Waals surface area (Å²) in [6.07, 6.45) is 1.06. The lowest BCUT2D eigenvalue weighted by Crippen LogP contribution is -2.49. The fourth-order valence-electron chi connectivity index (χ4n) is 3.80. The maximum atomic E-state index is 12.8. The van der Waals surface area contributed by atoms with Crippen molar-refractivity contribution in [2.75, 3.05) is 13.1 Å². The van der Waals surface area contributed by atoms with Crippen molar-refractivity contribution in [3.05, 3.63) is 90.0 Å². The minimum atomic E-state index is -0.438. The highest BCUT2D eigenvalue weighted by molar-refractivity contribution is 5.94. The number of phenols is 1. The maximum absolute atomic E-state index is 12.8. The molecular formula is C26H27ClN2O4. The molecule has 3 aromatic carbocycles. The van der Waals surface area contributed by atoms with Gasteiger partial charge < -0.3 is 20.5 Å². The third-order valence-electron chi connectivity index (χ3n) is 5.59. The minimum absolute atomic E-state index is 0. The summed E-state index contributed by atoms with van der Waals surface area (Å²) in [4.78, 5) is 25.5. The molecule has 0 unspecified atom stereocenters. The van der Waals surface area contributed by atoms with Crippen molar-refractivity contribution in [2.45, 2.75) is 25.0 Å². The van der Waals surface area contributed by atoms with E-state index < -0.39 is 12.1 Å². The first-order chi connectivity index (χ1) is 15.6. The molecule has 172 valence electrons. The Morgan fingerprint density at radius 3 is 2.21 bits per heavy atom. The van der Waals surface area contributed by atoms with Gasteiger partial charge >= 0.3 is 5.97 Å². The zero-order valence-corrected chi connectivity index (χ0v) is 18.9. The van der Waals surface area contributed by atoms with Crippen molar-refractivity contribution in [1.82, 2.24) is 10.6 Å². The molecule has 0 saturated carbocycles. The maximum Gasteiger partial charge on any atom is 0.338 e. The number of amides is 1. The van der Waals surface area contributed by atoms with Crippen molar-refractivity contribution in [3.63, 3.8) is 0 Å². The lowest BCUT2D eigenvalue weighted by Gasteiger charge is -2.26. The Kier molecular flexibility index (Phi) is 8.46. The number of benzene rings is 3. The number of hydrogen-bond donors (Lipinski definition) is 3. The molecule has 1 aliphatic rings. The van der Waals surface area contributed by atoms with E-state index in [-0.39, 0.29) is 30.1 Å². The van der Waals surface area contributed by atoms with Crippen LogP contribution in [0.2, 0.25) is 0 Å². The Morgan fingerprint density at radius 1 is 0.879 bits per heavy atom. The summed E-state index contributed by atoms with van der Waals surface area (Å²) in [5.74, 6) is -0.574. The second-order valence-electron chi connectivity index (χ2n) is 7.86. The van der Waals surface area contributed by atoms with Gasteiger partial charge in [0, 0.05) is 12.1 Å². The number of nitrogens with one attached hydrogen (secondary N) is 2. The second-order valence-corrected chi connectivity index (χ2v) is 7.86. The number of ether oxygens (including phenoxy) is 1. The van der Waals surface area contributed by atoms with E-state index in [0.29, 0.717) is 24.1 Å². The molecule has 1 amide bonds. The van der Waals surface area contributed by atoms with Gasteiger partial charge in [-0.3, -0.25) is 4.79 Å². The number of rotatable bonds is 5. The largest absolute Gasteiger partial charge is 0.508 e. The van der Waals surface area contributed by atoms with Gasteiger partial charge in [0.05, 0.1) is 11.6 Å². The number of esters is 1. The van der Waals surface area contributed by atoms with Crippen LogP contribution in [0.5, 0.6) is 5.75 Å². The SMILES string of the molecule is Cl.O=C(N[C@@H]1CNCCC[C@H]1OC(=O)c1ccc(-c2ccccc2)cc1)c1ccc(O)cc1. The molecule has 7 heteroatoms. The molecule has 4 rings (SSSR count). The van der Waals surface area contributed by atoms with Gasteiger partial charge in [-0.15, -0.1) is 12.4 Å². The fraction of sp³-hybridized carbons (Fsp3) is 0.231. The van der Waals surface area contributed by atoms with Crippen LogP contribution in [0, 0.1) is 0 Å². The summed E-state index contributed by atoms with van der Waals surface area (Å²) < 4.78 is 5.84. The summed E-state index contributed by atoms with van der Waals surface area (Å²) in [7, 11) is 0. The topological polar surface area (TPSA) is 87.7 Å². The standard InChI is InChI=1S/C26H26N2O4.ClH/c29-22-14-12-20(13-15-22)25(30)28-23-17-27-16-4-7-24(23)32-26(31)21-10-8-19(9-11-21)18-5-2-1-3-6-18;/h1-3,5-6,8-15,23-24,27,29H,4,7,16-17H2,(H,28,30);1H/t23-,24-;/m1./s1. The third kappa shape index (κ3) is 6.34. The molecule has 0 aliphatic carbocycles. The first-order valence-electron chi connectivity index (χ1n) is 10.8. The van der Waals surface area contributed by atoms with Crippen LogP contribution in [0.1, 0.15) is 33.6 Å². The summed E-state index contributed by atoms with van der Waals surface area (Å²) in [6.45, 7) is 1.31. The zero-order valence-electron chi connectivity index (χ0n) is 18.1. The first-order valence-corrected chi connectivity index (χ1v) is 10.8. The number of halogens is 1. The van der Waals surface area contributed by atoms with Crippen molar-refractivity contribution in [2.24, 2.45) is 0 Å². The Balaban J connectivity index is 0.00000306. The highest BCUT2D eigenvalue weighted by Crippen LogP contribution is 2.21. The molecule has 1 fully saturated rings. The molecule has 0 radical (unpaired) electrons. The van der Waals surface area contributed by atoms with Crippen molar-refractivity contribution < 1.29 is 19.4 Å². The van der Waals surface area contributed by atoms with Gasteiger partial charge in [0.2, 0.25) is 0 Å². The van der Waals surface area contributed by atoms with Crippen LogP contribution in [0.25, 0.3) is 11.1 Å². The number of aromatic hydroxyl groups is 1. The molecule has 0 bridgehead atoms. The number of carbonyl (C=O) groups is 2. The molecule has 6 nitrogen and oxygen atoms in total. The molecule has 0 aromatic heterocycles. The summed E-state index contributed by atoms with van der Waals surface area (Å²) >= 11 is 0. The van der Waals surface area contributed by atoms with E-state index in [0.717, 1.165) is 24.1 Å². The summed E-state index contributed by atoms with van der Waals surface area (Å²) in [5, 5.41) is 15.7. The van der Waals surface area contributed by atoms with E-state index in [1.54, 1.807) is 24.3 Å². The average molecular weight is 467 g/mol. The van der Waals surface area contributed by atoms with Crippen LogP contribution >= 0.6 is 12.4 Å². The molecular weight excluding hydrogens is 440 g/mol. The Hall–Kier alpha value is -3.35. The predicted octanol–water partition coefficient (Wildman–Crippen LogP) is 4.19. The Labute approximate surface area is 199 Å². The van der Waals surface area contributed by atoms with Crippen molar-refractivity contribution >= 4 is 24.3 Å². The normalized spacial score (nSPS) is 17.8. The number of phenolic OH excluding ortho intramolecular Hbond substituents is 1. The summed E-state index contributed by atoms with van der Waals surface area (Å²) in [6, 6.07) is 23.0. The van der Waals surface area contributed by atoms with E-state index in [1.165, 1.54) is 12.1 Å². The van der Waals surface area contributed by atoms with E-state index >= 15 is 0 Å². The van der Waals surface area contributed by atoms with Crippen LogP contribution in [0.3, 0.4) is 0 Å². The van der Waals surface area contributed by atoms with Gasteiger partial charge in [-0.2, -0.15) is 0 Å². The van der Waals surface area contributed by atoms with Crippen molar-refractivity contribution in [3.8, 4) is 16.9 Å². The lowest BCUT2D eigenvalue weighted by molar-refractivity contribution is 0.0192. The molecule has 1 aliphatic heterocycles. The smallest absolute Gasteiger partial charge is 0.338 e. The number of carbonyl (C=O) groups excluding carboxylic acids is 2. The fourth-order valence-corrected chi connectivity index (χ4v) is 3.80. The molecule has 1 saturated heterocycles. The van der Waals surface area contributed by atoms with E-state index in [4.69, 9.17) is 4.74 Å². The highest BCUT2D eigenvalue weighted by atomic mass is 35.5. The predicted molar refractivity (Wildman–Crippen MR) is 130 cm³/mol. The van der Waals surface area contributed by atoms with Crippen molar-refractivity contribution in [1.29, 1.82) is 0 Å². The van der Waals surface area contributed by atoms with Crippen LogP contribution in [-0.4, -0.2) is 42.2 Å². The quantitative estimate of drug-likeness (QED) is 0.491. The zero-order chi connectivity index (χ0) is 22.3. The van der Waals surface area contributed by atoms with Gasteiger partial charge in [-0.25, -0.2) is 4.79 Å². The van der Waals surface area contributed by atoms with Gasteiger partial charge in [0.15, 0.2) is 0 Å². The lowest BCUT2D eigenvalue weighted by atomic mass is 10.0. The van der Waals surface area contributed by atoms with E-state index in [9.17, 15) is 14.7 Å². The molecule has 2 atom stereocenters. The molecule has 0 spiro atoms. The van der Waals surface area contributed by atoms with Crippen LogP contribution in [0.4, 0.5) is 0 Å². The van der Waals surface area contributed by atoms with Gasteiger partial charge in [-0.1, -0.05) is 42.5 Å². The van der Waals surface area contributed by atoms with E-state index in [1.807, 2.05) is 42.5 Å². The monoisotopic (exact) mass is 466 g/mol. The highest BCUT2D eigenvalue weighted by Gasteiger charge is 2.29. The summed E-state index contributed by atoms with van der Waals surface area (Å²) in [5.41, 5.74) is 3.03. The molecule has 3 aromatic rings. The molecule has 33 heavy (non-hydrogen) atoms. The Morgan fingerprint density at radius 2 is 1.52 bits per heavy atom. The minimum Gasteiger partial charge on any atom is -0.508 e. The average Bonchev–Trinajstić information content (AvgIpc) is 3.05. The van der Waals surface area contributed by atoms with Gasteiger partial charge in [0.25, 0.3) is 5.91 Å². The molecule has 3 N–H and O–H groups in total. The third-order valence-corrected chi connectivity index (χ3v) is 5.59.